The predicted molar refractivity (Wildman–Crippen MR) is 135 cm³/mol. The van der Waals surface area contributed by atoms with Crippen LogP contribution in [-0.4, -0.2) is 57.9 Å². The van der Waals surface area contributed by atoms with Gasteiger partial charge in [-0.15, -0.1) is 0 Å². The number of hydrogen-bond donors (Lipinski definition) is 2. The summed E-state index contributed by atoms with van der Waals surface area (Å²) < 4.78 is 5.46. The number of β-amino-alcohol motifs (C(OH)–C–C–N with tert-alkyl or cyclic N) is 1. The Morgan fingerprint density at radius 2 is 1.81 bits per heavy atom. The number of nitrogens with one attached hydrogen (secondary N) is 1. The van der Waals surface area contributed by atoms with Crippen LogP contribution in [0.2, 0.25) is 0 Å². The van der Waals surface area contributed by atoms with Crippen LogP contribution in [0.1, 0.15) is 34.5 Å². The minimum Gasteiger partial charge on any atom is -0.497 e. The summed E-state index contributed by atoms with van der Waals surface area (Å²) in [5, 5.41) is 11.8. The fourth-order valence-electron chi connectivity index (χ4n) is 5.63. The quantitative estimate of drug-likeness (QED) is 0.456. The standard InChI is InChI=1S/C29H27N3O4/c1-36-20-11-7-10-19(14-20)28-27-22(21-12-5-6-13-23(21)30-27)15-24-29(35)31(17-26(34)32(24)28)16-25(33)18-8-3-2-4-9-18/h2-14,24-25,28,30,33H,15-17H2,1H3. The zero-order valence-corrected chi connectivity index (χ0v) is 19.9. The molecule has 0 bridgehead atoms. The first-order chi connectivity index (χ1) is 17.5. The number of para-hydroxylation sites is 1. The number of carbonyl (C=O) groups excluding carboxylic acids is 2. The van der Waals surface area contributed by atoms with Crippen molar-refractivity contribution in [2.75, 3.05) is 20.2 Å². The summed E-state index contributed by atoms with van der Waals surface area (Å²) in [4.78, 5) is 34.3. The van der Waals surface area contributed by atoms with E-state index in [1.54, 1.807) is 12.0 Å². The summed E-state index contributed by atoms with van der Waals surface area (Å²) in [7, 11) is 1.61. The molecule has 0 saturated carbocycles. The number of aliphatic hydroxyl groups is 1. The second-order valence-corrected chi connectivity index (χ2v) is 9.41. The van der Waals surface area contributed by atoms with Crippen LogP contribution in [0.4, 0.5) is 0 Å². The van der Waals surface area contributed by atoms with Gasteiger partial charge in [0, 0.05) is 23.0 Å². The van der Waals surface area contributed by atoms with Crippen LogP contribution < -0.4 is 4.74 Å². The van der Waals surface area contributed by atoms with Crippen LogP contribution in [0.5, 0.6) is 5.75 Å². The molecule has 7 heteroatoms. The molecule has 3 atom stereocenters. The third kappa shape index (κ3) is 3.63. The van der Waals surface area contributed by atoms with E-state index in [4.69, 9.17) is 4.74 Å². The number of fused-ring (bicyclic) bond motifs is 4. The van der Waals surface area contributed by atoms with Crippen LogP contribution >= 0.6 is 0 Å². The zero-order chi connectivity index (χ0) is 24.8. The number of aromatic nitrogens is 1. The molecule has 2 aliphatic rings. The molecule has 1 saturated heterocycles. The van der Waals surface area contributed by atoms with Gasteiger partial charge >= 0.3 is 0 Å². The Balaban J connectivity index is 1.42. The summed E-state index contributed by atoms with van der Waals surface area (Å²) in [6.45, 7) is -0.00124. The van der Waals surface area contributed by atoms with Crippen molar-refractivity contribution in [1.82, 2.24) is 14.8 Å². The van der Waals surface area contributed by atoms with Crippen LogP contribution in [0.15, 0.2) is 78.9 Å². The molecule has 36 heavy (non-hydrogen) atoms. The fourth-order valence-corrected chi connectivity index (χ4v) is 5.63. The highest BCUT2D eigenvalue weighted by Crippen LogP contribution is 2.43. The van der Waals surface area contributed by atoms with Crippen molar-refractivity contribution >= 4 is 22.7 Å². The van der Waals surface area contributed by atoms with Crippen molar-refractivity contribution in [1.29, 1.82) is 0 Å². The van der Waals surface area contributed by atoms with Crippen molar-refractivity contribution in [3.05, 3.63) is 101 Å². The number of aliphatic hydroxyl groups excluding tert-OH is 1. The molecule has 6 rings (SSSR count). The van der Waals surface area contributed by atoms with Gasteiger partial charge in [0.1, 0.15) is 11.8 Å². The number of nitrogens with zero attached hydrogens (tertiary/aromatic N) is 2. The first kappa shape index (κ1) is 22.4. The van der Waals surface area contributed by atoms with Crippen molar-refractivity contribution in [2.45, 2.75) is 24.6 Å². The van der Waals surface area contributed by atoms with Gasteiger partial charge in [-0.25, -0.2) is 0 Å². The lowest BCUT2D eigenvalue weighted by atomic mass is 9.86. The van der Waals surface area contributed by atoms with Gasteiger partial charge in [0.15, 0.2) is 0 Å². The van der Waals surface area contributed by atoms with Gasteiger partial charge in [-0.05, 0) is 34.9 Å². The maximum absolute atomic E-state index is 13.8. The molecule has 2 aliphatic heterocycles. The Hall–Kier alpha value is -4.10. The topological polar surface area (TPSA) is 85.9 Å². The largest absolute Gasteiger partial charge is 0.497 e. The molecule has 3 heterocycles. The summed E-state index contributed by atoms with van der Waals surface area (Å²) in [5.74, 6) is 0.404. The van der Waals surface area contributed by atoms with Gasteiger partial charge in [-0.3, -0.25) is 9.59 Å². The van der Waals surface area contributed by atoms with Crippen molar-refractivity contribution in [2.24, 2.45) is 0 Å². The normalized spacial score (nSPS) is 20.3. The van der Waals surface area contributed by atoms with E-state index in [2.05, 4.69) is 11.1 Å². The number of ether oxygens (including phenoxy) is 1. The summed E-state index contributed by atoms with van der Waals surface area (Å²) >= 11 is 0. The van der Waals surface area contributed by atoms with E-state index in [0.717, 1.165) is 33.3 Å². The molecule has 182 valence electrons. The van der Waals surface area contributed by atoms with Crippen molar-refractivity contribution in [3.63, 3.8) is 0 Å². The molecule has 2 amide bonds. The average molecular weight is 482 g/mol. The van der Waals surface area contributed by atoms with Crippen LogP contribution in [0, 0.1) is 0 Å². The molecule has 4 aromatic rings. The number of rotatable bonds is 5. The number of amides is 2. The third-order valence-corrected chi connectivity index (χ3v) is 7.33. The predicted octanol–water partition coefficient (Wildman–Crippen LogP) is 3.60. The monoisotopic (exact) mass is 481 g/mol. The number of hydrogen-bond acceptors (Lipinski definition) is 4. The van der Waals surface area contributed by atoms with Crippen molar-refractivity contribution in [3.8, 4) is 5.75 Å². The lowest BCUT2D eigenvalue weighted by molar-refractivity contribution is -0.159. The highest BCUT2D eigenvalue weighted by atomic mass is 16.5. The molecule has 1 fully saturated rings. The molecule has 3 aromatic carbocycles. The van der Waals surface area contributed by atoms with Crippen molar-refractivity contribution < 1.29 is 19.4 Å². The molecule has 3 unspecified atom stereocenters. The van der Waals surface area contributed by atoms with Crippen LogP contribution in [0.25, 0.3) is 10.9 Å². The van der Waals surface area contributed by atoms with E-state index in [0.29, 0.717) is 12.2 Å². The first-order valence-corrected chi connectivity index (χ1v) is 12.1. The molecule has 1 aromatic heterocycles. The van der Waals surface area contributed by atoms with E-state index in [-0.39, 0.29) is 24.9 Å². The highest BCUT2D eigenvalue weighted by Gasteiger charge is 2.48. The van der Waals surface area contributed by atoms with E-state index in [1.165, 1.54) is 4.90 Å². The number of H-pyrrole nitrogens is 1. The third-order valence-electron chi connectivity index (χ3n) is 7.33. The Morgan fingerprint density at radius 3 is 2.61 bits per heavy atom. The lowest BCUT2D eigenvalue weighted by Crippen LogP contribution is -2.63. The van der Waals surface area contributed by atoms with Gasteiger partial charge in [0.05, 0.1) is 32.3 Å². The second kappa shape index (κ2) is 8.84. The van der Waals surface area contributed by atoms with E-state index < -0.39 is 18.2 Å². The fraction of sp³-hybridized carbons (Fsp3) is 0.241. The lowest BCUT2D eigenvalue weighted by Gasteiger charge is -2.47. The average Bonchev–Trinajstić information content (AvgIpc) is 3.29. The molecule has 7 nitrogen and oxygen atoms in total. The molecule has 0 aliphatic carbocycles. The SMILES string of the molecule is COc1cccc(C2c3[nH]c4ccccc4c3CC3C(=O)N(CC(O)c4ccccc4)CC(=O)N32)c1. The van der Waals surface area contributed by atoms with Gasteiger partial charge in [0.25, 0.3) is 0 Å². The van der Waals surface area contributed by atoms with Crippen LogP contribution in [-0.2, 0) is 16.0 Å². The molecule has 0 spiro atoms. The summed E-state index contributed by atoms with van der Waals surface area (Å²) in [5.41, 5.74) is 4.56. The Morgan fingerprint density at radius 1 is 1.03 bits per heavy atom. The van der Waals surface area contributed by atoms with E-state index >= 15 is 0 Å². The number of piperazine rings is 1. The maximum Gasteiger partial charge on any atom is 0.246 e. The Kier molecular flexibility index (Phi) is 5.49. The van der Waals surface area contributed by atoms with Gasteiger partial charge in [-0.1, -0.05) is 60.7 Å². The molecule has 0 radical (unpaired) electrons. The number of carbonyl (C=O) groups is 2. The second-order valence-electron chi connectivity index (χ2n) is 9.41. The Labute approximate surface area is 208 Å². The molecular weight excluding hydrogens is 454 g/mol. The van der Waals surface area contributed by atoms with E-state index in [1.807, 2.05) is 72.8 Å². The highest BCUT2D eigenvalue weighted by molar-refractivity contribution is 5.97. The first-order valence-electron chi connectivity index (χ1n) is 12.1. The molecule has 2 N–H and O–H groups in total. The molecular formula is C29H27N3O4. The van der Waals surface area contributed by atoms with Crippen LogP contribution in [0.3, 0.4) is 0 Å². The number of benzene rings is 3. The summed E-state index contributed by atoms with van der Waals surface area (Å²) in [6, 6.07) is 23.8. The Bertz CT molecular complexity index is 1450. The number of aromatic amines is 1. The maximum atomic E-state index is 13.8. The van der Waals surface area contributed by atoms with Gasteiger partial charge < -0.3 is 24.6 Å². The minimum absolute atomic E-state index is 0.0729. The van der Waals surface area contributed by atoms with Gasteiger partial charge in [-0.2, -0.15) is 0 Å². The summed E-state index contributed by atoms with van der Waals surface area (Å²) in [6.07, 6.45) is -0.446. The van der Waals surface area contributed by atoms with E-state index in [9.17, 15) is 14.7 Å². The zero-order valence-electron chi connectivity index (χ0n) is 19.9. The van der Waals surface area contributed by atoms with Gasteiger partial charge in [0.2, 0.25) is 11.8 Å². The minimum atomic E-state index is -0.865. The number of methoxy groups -OCH3 is 1. The smallest absolute Gasteiger partial charge is 0.246 e.